The number of rotatable bonds is 2. The lowest BCUT2D eigenvalue weighted by atomic mass is 9.85. The second-order valence-corrected chi connectivity index (χ2v) is 7.80. The van der Waals surface area contributed by atoms with Crippen molar-refractivity contribution in [3.63, 3.8) is 0 Å². The number of fused-ring (bicyclic) bond motifs is 3. The van der Waals surface area contributed by atoms with Crippen molar-refractivity contribution in [2.75, 3.05) is 13.1 Å². The SMILES string of the molecule is CC=CC=Cc1ccc2c(c1)C(=O)NC1CN(C(=O)OC(C)(C)C)CC21. The highest BCUT2D eigenvalue weighted by Gasteiger charge is 2.42. The van der Waals surface area contributed by atoms with Crippen molar-refractivity contribution in [1.29, 1.82) is 0 Å². The summed E-state index contributed by atoms with van der Waals surface area (Å²) in [6.07, 6.45) is 7.50. The van der Waals surface area contributed by atoms with Crippen LogP contribution in [-0.2, 0) is 4.74 Å². The lowest BCUT2D eigenvalue weighted by Crippen LogP contribution is -2.44. The van der Waals surface area contributed by atoms with Crippen LogP contribution in [0.4, 0.5) is 4.79 Å². The van der Waals surface area contributed by atoms with Crippen LogP contribution in [0.2, 0.25) is 0 Å². The highest BCUT2D eigenvalue weighted by atomic mass is 16.6. The molecule has 0 aromatic heterocycles. The second-order valence-electron chi connectivity index (χ2n) is 7.80. The molecular formula is C21H26N2O3. The number of likely N-dealkylation sites (tertiary alicyclic amines) is 1. The number of amides is 2. The minimum Gasteiger partial charge on any atom is -0.444 e. The minimum absolute atomic E-state index is 0.0630. The summed E-state index contributed by atoms with van der Waals surface area (Å²) in [5.41, 5.74) is 2.16. The highest BCUT2D eigenvalue weighted by molar-refractivity contribution is 5.98. The topological polar surface area (TPSA) is 58.6 Å². The second kappa shape index (κ2) is 6.98. The number of carbonyl (C=O) groups is 2. The molecule has 2 aliphatic heterocycles. The maximum absolute atomic E-state index is 12.5. The number of hydrogen-bond acceptors (Lipinski definition) is 3. The van der Waals surface area contributed by atoms with Crippen LogP contribution in [0.25, 0.3) is 6.08 Å². The van der Waals surface area contributed by atoms with Gasteiger partial charge in [-0.3, -0.25) is 4.79 Å². The molecule has 2 aliphatic rings. The Hall–Kier alpha value is -2.56. The van der Waals surface area contributed by atoms with E-state index >= 15 is 0 Å². The zero-order chi connectivity index (χ0) is 18.9. The summed E-state index contributed by atoms with van der Waals surface area (Å²) in [7, 11) is 0. The van der Waals surface area contributed by atoms with E-state index < -0.39 is 5.60 Å². The number of nitrogens with one attached hydrogen (secondary N) is 1. The first-order valence-corrected chi connectivity index (χ1v) is 9.00. The molecule has 2 amide bonds. The molecule has 0 spiro atoms. The number of ether oxygens (including phenoxy) is 1. The van der Waals surface area contributed by atoms with E-state index in [1.165, 1.54) is 0 Å². The van der Waals surface area contributed by atoms with Gasteiger partial charge in [0.05, 0.1) is 6.04 Å². The Morgan fingerprint density at radius 1 is 1.27 bits per heavy atom. The van der Waals surface area contributed by atoms with Gasteiger partial charge >= 0.3 is 6.09 Å². The Bertz CT molecular complexity index is 774. The first-order valence-electron chi connectivity index (χ1n) is 9.00. The lowest BCUT2D eigenvalue weighted by Gasteiger charge is -2.27. The summed E-state index contributed by atoms with van der Waals surface area (Å²) >= 11 is 0. The molecular weight excluding hydrogens is 328 g/mol. The molecule has 1 N–H and O–H groups in total. The monoisotopic (exact) mass is 354 g/mol. The van der Waals surface area contributed by atoms with Gasteiger partial charge in [-0.2, -0.15) is 0 Å². The van der Waals surface area contributed by atoms with Crippen molar-refractivity contribution >= 4 is 18.1 Å². The van der Waals surface area contributed by atoms with Crippen LogP contribution in [0.5, 0.6) is 0 Å². The van der Waals surface area contributed by atoms with Gasteiger partial charge in [0.15, 0.2) is 0 Å². The van der Waals surface area contributed by atoms with Crippen LogP contribution in [0, 0.1) is 0 Å². The molecule has 1 aromatic carbocycles. The third kappa shape index (κ3) is 3.82. The van der Waals surface area contributed by atoms with E-state index in [2.05, 4.69) is 5.32 Å². The molecule has 5 heteroatoms. The summed E-state index contributed by atoms with van der Waals surface area (Å²) in [6, 6.07) is 5.88. The third-order valence-corrected chi connectivity index (χ3v) is 4.60. The Labute approximate surface area is 154 Å². The number of benzene rings is 1. The molecule has 3 rings (SSSR count). The Morgan fingerprint density at radius 3 is 2.73 bits per heavy atom. The Morgan fingerprint density at radius 2 is 2.04 bits per heavy atom. The molecule has 0 aliphatic carbocycles. The summed E-state index contributed by atoms with van der Waals surface area (Å²) in [5, 5.41) is 3.05. The first kappa shape index (κ1) is 18.2. The van der Waals surface area contributed by atoms with Gasteiger partial charge in [0.25, 0.3) is 5.91 Å². The van der Waals surface area contributed by atoms with E-state index in [0.29, 0.717) is 18.7 Å². The van der Waals surface area contributed by atoms with Crippen LogP contribution in [0.15, 0.2) is 36.4 Å². The lowest BCUT2D eigenvalue weighted by molar-refractivity contribution is 0.0288. The molecule has 0 saturated carbocycles. The minimum atomic E-state index is -0.528. The predicted molar refractivity (Wildman–Crippen MR) is 102 cm³/mol. The molecule has 0 radical (unpaired) electrons. The fourth-order valence-electron chi connectivity index (χ4n) is 3.46. The van der Waals surface area contributed by atoms with Crippen molar-refractivity contribution in [3.8, 4) is 0 Å². The van der Waals surface area contributed by atoms with E-state index in [9.17, 15) is 9.59 Å². The van der Waals surface area contributed by atoms with Gasteiger partial charge in [-0.25, -0.2) is 4.79 Å². The van der Waals surface area contributed by atoms with Gasteiger partial charge in [-0.05, 0) is 44.9 Å². The average Bonchev–Trinajstić information content (AvgIpc) is 2.98. The van der Waals surface area contributed by atoms with Crippen LogP contribution in [0.3, 0.4) is 0 Å². The van der Waals surface area contributed by atoms with Crippen molar-refractivity contribution in [2.45, 2.75) is 45.3 Å². The Kier molecular flexibility index (Phi) is 4.90. The maximum Gasteiger partial charge on any atom is 0.410 e. The van der Waals surface area contributed by atoms with Gasteiger partial charge in [-0.15, -0.1) is 0 Å². The molecule has 1 aromatic rings. The van der Waals surface area contributed by atoms with Gasteiger partial charge in [0.2, 0.25) is 0 Å². The zero-order valence-corrected chi connectivity index (χ0v) is 15.8. The molecule has 5 nitrogen and oxygen atoms in total. The van der Waals surface area contributed by atoms with E-state index in [-0.39, 0.29) is 24.0 Å². The summed E-state index contributed by atoms with van der Waals surface area (Å²) < 4.78 is 5.48. The first-order chi connectivity index (χ1) is 12.3. The van der Waals surface area contributed by atoms with Crippen LogP contribution in [0.1, 0.15) is 55.1 Å². The number of carbonyl (C=O) groups excluding carboxylic acids is 2. The smallest absolute Gasteiger partial charge is 0.410 e. The van der Waals surface area contributed by atoms with Gasteiger partial charge in [0, 0.05) is 24.6 Å². The van der Waals surface area contributed by atoms with Gasteiger partial charge in [-0.1, -0.05) is 36.4 Å². The van der Waals surface area contributed by atoms with Gasteiger partial charge in [0.1, 0.15) is 5.60 Å². The van der Waals surface area contributed by atoms with E-state index in [0.717, 1.165) is 11.1 Å². The van der Waals surface area contributed by atoms with Crippen LogP contribution < -0.4 is 5.32 Å². The van der Waals surface area contributed by atoms with Crippen molar-refractivity contribution < 1.29 is 14.3 Å². The molecule has 138 valence electrons. The average molecular weight is 354 g/mol. The number of hydrogen-bond donors (Lipinski definition) is 1. The molecule has 2 heterocycles. The number of allylic oxidation sites excluding steroid dienone is 3. The molecule has 0 bridgehead atoms. The molecule has 1 saturated heterocycles. The van der Waals surface area contributed by atoms with Crippen LogP contribution >= 0.6 is 0 Å². The van der Waals surface area contributed by atoms with Crippen molar-refractivity contribution in [1.82, 2.24) is 10.2 Å². The fourth-order valence-corrected chi connectivity index (χ4v) is 3.46. The molecule has 1 fully saturated rings. The maximum atomic E-state index is 12.5. The highest BCUT2D eigenvalue weighted by Crippen LogP contribution is 2.35. The number of nitrogens with zero attached hydrogens (tertiary/aromatic N) is 1. The van der Waals surface area contributed by atoms with Crippen LogP contribution in [-0.4, -0.2) is 41.6 Å². The largest absolute Gasteiger partial charge is 0.444 e. The van der Waals surface area contributed by atoms with Crippen molar-refractivity contribution in [2.24, 2.45) is 0 Å². The fraction of sp³-hybridized carbons (Fsp3) is 0.429. The molecule has 2 unspecified atom stereocenters. The summed E-state index contributed by atoms with van der Waals surface area (Å²) in [4.78, 5) is 26.6. The Balaban J connectivity index is 1.81. The quantitative estimate of drug-likeness (QED) is 0.824. The molecule has 2 atom stereocenters. The summed E-state index contributed by atoms with van der Waals surface area (Å²) in [5.74, 6) is 0.0253. The molecule has 26 heavy (non-hydrogen) atoms. The normalized spacial score (nSPS) is 22.5. The third-order valence-electron chi connectivity index (χ3n) is 4.60. The van der Waals surface area contributed by atoms with E-state index in [1.807, 2.05) is 70.2 Å². The summed E-state index contributed by atoms with van der Waals surface area (Å²) in [6.45, 7) is 8.56. The van der Waals surface area contributed by atoms with Crippen molar-refractivity contribution in [3.05, 3.63) is 53.1 Å². The van der Waals surface area contributed by atoms with E-state index in [4.69, 9.17) is 4.74 Å². The predicted octanol–water partition coefficient (Wildman–Crippen LogP) is 3.72. The standard InChI is InChI=1S/C21H26N2O3/c1-5-6-7-8-14-9-10-15-16(11-14)19(24)22-18-13-23(12-17(15)18)20(25)26-21(2,3)4/h5-11,17-18H,12-13H2,1-4H3,(H,22,24). The van der Waals surface area contributed by atoms with Gasteiger partial charge < -0.3 is 15.0 Å². The zero-order valence-electron chi connectivity index (χ0n) is 15.8. The van der Waals surface area contributed by atoms with E-state index in [1.54, 1.807) is 4.90 Å².